The molecule has 1 N–H and O–H groups in total. The Balaban J connectivity index is 2.14. The highest BCUT2D eigenvalue weighted by Gasteiger charge is 2.10. The lowest BCUT2D eigenvalue weighted by atomic mass is 10.2. The van der Waals surface area contributed by atoms with Crippen molar-refractivity contribution in [1.29, 1.82) is 0 Å². The van der Waals surface area contributed by atoms with Gasteiger partial charge in [-0.2, -0.15) is 0 Å². The molecule has 0 aliphatic heterocycles. The topological polar surface area (TPSA) is 42.2 Å². The Morgan fingerprint density at radius 2 is 1.94 bits per heavy atom. The van der Waals surface area contributed by atoms with Crippen LogP contribution in [0.25, 0.3) is 0 Å². The van der Waals surface area contributed by atoms with Gasteiger partial charge in [0.15, 0.2) is 12.4 Å². The molecule has 0 fully saturated rings. The predicted octanol–water partition coefficient (Wildman–Crippen LogP) is 1.37. The number of benzene rings is 1. The predicted molar refractivity (Wildman–Crippen MR) is 63.3 cm³/mol. The molecular weight excluding hydrogens is 216 g/mol. The van der Waals surface area contributed by atoms with Gasteiger partial charge in [-0.15, -0.1) is 5.43 Å². The third-order valence-corrected chi connectivity index (χ3v) is 2.28. The monoisotopic (exact) mass is 229 g/mol. The Hall–Kier alpha value is -2.36. The number of amides is 1. The van der Waals surface area contributed by atoms with Crippen LogP contribution >= 0.6 is 0 Å². The molecule has 4 nitrogen and oxygen atoms in total. The summed E-state index contributed by atoms with van der Waals surface area (Å²) in [7, 11) is 1.57. The Kier molecular flexibility index (Phi) is 3.35. The third-order valence-electron chi connectivity index (χ3n) is 2.28. The van der Waals surface area contributed by atoms with Crippen molar-refractivity contribution >= 4 is 5.91 Å². The number of methoxy groups -OCH3 is 1. The molecule has 0 radical (unpaired) electrons. The van der Waals surface area contributed by atoms with Crippen molar-refractivity contribution in [1.82, 2.24) is 0 Å². The summed E-state index contributed by atoms with van der Waals surface area (Å²) in [6, 6.07) is 12.6. The van der Waals surface area contributed by atoms with Gasteiger partial charge in [0, 0.05) is 17.7 Å². The van der Waals surface area contributed by atoms with Crippen LogP contribution in [-0.2, 0) is 0 Å². The van der Waals surface area contributed by atoms with Gasteiger partial charge in [-0.05, 0) is 18.2 Å². The molecule has 0 unspecified atom stereocenters. The summed E-state index contributed by atoms with van der Waals surface area (Å²) in [5.41, 5.74) is 3.29. The second kappa shape index (κ2) is 5.12. The zero-order valence-electron chi connectivity index (χ0n) is 9.46. The van der Waals surface area contributed by atoms with E-state index in [2.05, 4.69) is 5.43 Å². The third kappa shape index (κ3) is 2.81. The Labute approximate surface area is 99.4 Å². The highest BCUT2D eigenvalue weighted by atomic mass is 16.5. The summed E-state index contributed by atoms with van der Waals surface area (Å²) in [5.74, 6) is 0.482. The first-order chi connectivity index (χ1) is 8.29. The van der Waals surface area contributed by atoms with Crippen LogP contribution in [0.15, 0.2) is 54.9 Å². The van der Waals surface area contributed by atoms with Crippen LogP contribution in [0.3, 0.4) is 0 Å². The molecule has 1 heterocycles. The maximum absolute atomic E-state index is 11.9. The second-order valence-electron chi connectivity index (χ2n) is 3.46. The summed E-state index contributed by atoms with van der Waals surface area (Å²) in [6.45, 7) is 0. The fourth-order valence-electron chi connectivity index (χ4n) is 1.42. The van der Waals surface area contributed by atoms with Crippen LogP contribution in [0.5, 0.6) is 5.75 Å². The quantitative estimate of drug-likeness (QED) is 0.808. The van der Waals surface area contributed by atoms with Crippen LogP contribution < -0.4 is 14.8 Å². The van der Waals surface area contributed by atoms with E-state index in [0.717, 1.165) is 0 Å². The van der Waals surface area contributed by atoms with Gasteiger partial charge >= 0.3 is 5.91 Å². The average Bonchev–Trinajstić information content (AvgIpc) is 2.40. The van der Waals surface area contributed by atoms with Crippen molar-refractivity contribution in [2.45, 2.75) is 0 Å². The Morgan fingerprint density at radius 3 is 2.65 bits per heavy atom. The fourth-order valence-corrected chi connectivity index (χ4v) is 1.42. The lowest BCUT2D eigenvalue weighted by molar-refractivity contribution is -0.641. The molecule has 86 valence electrons. The van der Waals surface area contributed by atoms with Gasteiger partial charge in [0.05, 0.1) is 7.11 Å². The summed E-state index contributed by atoms with van der Waals surface area (Å²) in [5, 5.41) is 0. The maximum Gasteiger partial charge on any atom is 0.305 e. The van der Waals surface area contributed by atoms with Crippen molar-refractivity contribution < 1.29 is 14.2 Å². The van der Waals surface area contributed by atoms with Crippen LogP contribution in [-0.4, -0.2) is 13.0 Å². The van der Waals surface area contributed by atoms with Crippen molar-refractivity contribution in [3.8, 4) is 5.75 Å². The van der Waals surface area contributed by atoms with Gasteiger partial charge in [-0.3, -0.25) is 4.79 Å². The van der Waals surface area contributed by atoms with Crippen molar-refractivity contribution in [3.63, 3.8) is 0 Å². The molecule has 0 aliphatic carbocycles. The number of ether oxygens (including phenoxy) is 1. The minimum atomic E-state index is -0.180. The number of hydrogen-bond donors (Lipinski definition) is 1. The molecule has 0 aliphatic rings. The highest BCUT2D eigenvalue weighted by Crippen LogP contribution is 2.12. The Morgan fingerprint density at radius 1 is 1.18 bits per heavy atom. The minimum absolute atomic E-state index is 0.180. The molecule has 2 rings (SSSR count). The molecule has 0 bridgehead atoms. The van der Waals surface area contributed by atoms with E-state index in [-0.39, 0.29) is 5.91 Å². The van der Waals surface area contributed by atoms with E-state index in [0.29, 0.717) is 11.3 Å². The fraction of sp³-hybridized carbons (Fsp3) is 0.0769. The number of carbonyl (C=O) groups excluding carboxylic acids is 1. The number of rotatable bonds is 3. The molecule has 1 aromatic carbocycles. The number of pyridine rings is 1. The molecular formula is C13H13N2O2+. The molecule has 0 saturated carbocycles. The normalized spacial score (nSPS) is 9.71. The molecule has 2 aromatic rings. The average molecular weight is 229 g/mol. The van der Waals surface area contributed by atoms with Crippen LogP contribution in [0.4, 0.5) is 0 Å². The molecule has 0 atom stereocenters. The number of nitrogens with zero attached hydrogens (tertiary/aromatic N) is 1. The highest BCUT2D eigenvalue weighted by molar-refractivity contribution is 5.99. The van der Waals surface area contributed by atoms with E-state index in [1.165, 1.54) is 0 Å². The van der Waals surface area contributed by atoms with Crippen molar-refractivity contribution in [3.05, 3.63) is 60.4 Å². The second-order valence-corrected chi connectivity index (χ2v) is 3.46. The van der Waals surface area contributed by atoms with Gasteiger partial charge < -0.3 is 4.74 Å². The molecule has 0 spiro atoms. The van der Waals surface area contributed by atoms with Crippen LogP contribution in [0.2, 0.25) is 0 Å². The first-order valence-corrected chi connectivity index (χ1v) is 5.21. The van der Waals surface area contributed by atoms with Crippen molar-refractivity contribution in [2.75, 3.05) is 12.5 Å². The summed E-state index contributed by atoms with van der Waals surface area (Å²) < 4.78 is 6.67. The number of nitrogens with one attached hydrogen (secondary N) is 1. The summed E-state index contributed by atoms with van der Waals surface area (Å²) >= 11 is 0. The number of aromatic nitrogens is 1. The first-order valence-electron chi connectivity index (χ1n) is 5.21. The molecule has 17 heavy (non-hydrogen) atoms. The number of carbonyl (C=O) groups is 1. The zero-order chi connectivity index (χ0) is 12.1. The van der Waals surface area contributed by atoms with E-state index in [9.17, 15) is 4.79 Å². The van der Waals surface area contributed by atoms with Crippen molar-refractivity contribution in [2.24, 2.45) is 0 Å². The molecule has 0 saturated heterocycles. The van der Waals surface area contributed by atoms with Crippen LogP contribution in [0, 0.1) is 0 Å². The molecule has 1 aromatic heterocycles. The smallest absolute Gasteiger partial charge is 0.305 e. The SMILES string of the molecule is COc1cccc(C(=O)N[n+]2ccccc2)c1. The van der Waals surface area contributed by atoms with E-state index >= 15 is 0 Å². The van der Waals surface area contributed by atoms with E-state index in [1.807, 2.05) is 18.2 Å². The zero-order valence-corrected chi connectivity index (χ0v) is 9.46. The van der Waals surface area contributed by atoms with Crippen LogP contribution in [0.1, 0.15) is 10.4 Å². The maximum atomic E-state index is 11.9. The standard InChI is InChI=1S/C13H12N2O2/c1-17-12-7-5-6-11(10-12)13(16)14-15-8-3-2-4-9-15/h2-10H,1H3/p+1. The van der Waals surface area contributed by atoms with E-state index < -0.39 is 0 Å². The van der Waals surface area contributed by atoms with Gasteiger partial charge in [-0.25, -0.2) is 0 Å². The lowest BCUT2D eigenvalue weighted by Gasteiger charge is -2.02. The largest absolute Gasteiger partial charge is 0.497 e. The first kappa shape index (κ1) is 11.1. The Bertz CT molecular complexity index is 512. The lowest BCUT2D eigenvalue weighted by Crippen LogP contribution is -2.47. The number of hydrogen-bond acceptors (Lipinski definition) is 2. The minimum Gasteiger partial charge on any atom is -0.497 e. The summed E-state index contributed by atoms with van der Waals surface area (Å²) in [6.07, 6.45) is 3.52. The van der Waals surface area contributed by atoms with Gasteiger partial charge in [0.25, 0.3) is 0 Å². The van der Waals surface area contributed by atoms with Gasteiger partial charge in [-0.1, -0.05) is 16.8 Å². The van der Waals surface area contributed by atoms with E-state index in [4.69, 9.17) is 4.74 Å². The summed E-state index contributed by atoms with van der Waals surface area (Å²) in [4.78, 5) is 11.9. The van der Waals surface area contributed by atoms with E-state index in [1.54, 1.807) is 48.4 Å². The molecule has 1 amide bonds. The van der Waals surface area contributed by atoms with Gasteiger partial charge in [0.2, 0.25) is 0 Å². The van der Waals surface area contributed by atoms with Gasteiger partial charge in [0.1, 0.15) is 5.75 Å². The molecule has 4 heteroatoms.